The molecule has 4 nitrogen and oxygen atoms in total. The van der Waals surface area contributed by atoms with Crippen molar-refractivity contribution in [2.24, 2.45) is 23.3 Å². The summed E-state index contributed by atoms with van der Waals surface area (Å²) in [5.41, 5.74) is 10.8. The lowest BCUT2D eigenvalue weighted by molar-refractivity contribution is -0.121. The van der Waals surface area contributed by atoms with Crippen LogP contribution in [0.5, 0.6) is 0 Å². The molecule has 1 atom stereocenters. The van der Waals surface area contributed by atoms with Crippen molar-refractivity contribution in [3.05, 3.63) is 0 Å². The molecule has 1 rings (SSSR count). The van der Waals surface area contributed by atoms with Gasteiger partial charge < -0.3 is 16.4 Å². The highest BCUT2D eigenvalue weighted by molar-refractivity contribution is 5.76. The summed E-state index contributed by atoms with van der Waals surface area (Å²) in [6.07, 6.45) is 3.56. The first kappa shape index (κ1) is 12.5. The van der Waals surface area contributed by atoms with E-state index in [1.54, 1.807) is 0 Å². The minimum atomic E-state index is -0.195. The average Bonchev–Trinajstić information content (AvgIpc) is 2.21. The predicted octanol–water partition coefficient (Wildman–Crippen LogP) is 0.169. The molecule has 0 aromatic heterocycles. The van der Waals surface area contributed by atoms with E-state index in [-0.39, 0.29) is 11.8 Å². The van der Waals surface area contributed by atoms with Crippen molar-refractivity contribution in [1.29, 1.82) is 0 Å². The number of hydrogen-bond acceptors (Lipinski definition) is 3. The van der Waals surface area contributed by atoms with Gasteiger partial charge in [-0.25, -0.2) is 0 Å². The van der Waals surface area contributed by atoms with Crippen LogP contribution in [0.1, 0.15) is 26.2 Å². The van der Waals surface area contributed by atoms with E-state index in [4.69, 9.17) is 11.5 Å². The highest BCUT2D eigenvalue weighted by Crippen LogP contribution is 2.20. The van der Waals surface area contributed by atoms with Crippen LogP contribution in [-0.4, -0.2) is 37.0 Å². The number of carbonyl (C=O) groups excluding carboxylic acids is 1. The summed E-state index contributed by atoms with van der Waals surface area (Å²) in [5, 5.41) is 0. The zero-order valence-corrected chi connectivity index (χ0v) is 9.61. The van der Waals surface area contributed by atoms with Crippen LogP contribution in [0.25, 0.3) is 0 Å². The highest BCUT2D eigenvalue weighted by Gasteiger charge is 2.21. The summed E-state index contributed by atoms with van der Waals surface area (Å²) >= 11 is 0. The fourth-order valence-electron chi connectivity index (χ4n) is 2.17. The standard InChI is InChI=1S/C11H23N3O/c1-9(11(13)15)8-14-6-3-10(2-5-12)4-7-14/h9-10H,2-8,12H2,1H3,(H2,13,15). The second-order valence-corrected chi connectivity index (χ2v) is 4.62. The number of amides is 1. The van der Waals surface area contributed by atoms with Crippen LogP contribution < -0.4 is 11.5 Å². The van der Waals surface area contributed by atoms with Gasteiger partial charge in [0.1, 0.15) is 0 Å². The number of rotatable bonds is 5. The minimum Gasteiger partial charge on any atom is -0.369 e. The quantitative estimate of drug-likeness (QED) is 0.683. The molecule has 0 aliphatic carbocycles. The third kappa shape index (κ3) is 4.18. The first-order valence-electron chi connectivity index (χ1n) is 5.85. The van der Waals surface area contributed by atoms with Gasteiger partial charge in [-0.3, -0.25) is 4.79 Å². The molecule has 0 bridgehead atoms. The normalized spacial score (nSPS) is 21.5. The Labute approximate surface area is 92.0 Å². The van der Waals surface area contributed by atoms with E-state index >= 15 is 0 Å². The summed E-state index contributed by atoms with van der Waals surface area (Å²) in [6.45, 7) is 5.67. The van der Waals surface area contributed by atoms with E-state index in [0.717, 1.165) is 38.5 Å². The third-order valence-electron chi connectivity index (χ3n) is 3.30. The van der Waals surface area contributed by atoms with Crippen molar-refractivity contribution < 1.29 is 4.79 Å². The Bertz CT molecular complexity index is 200. The number of primary amides is 1. The first-order valence-corrected chi connectivity index (χ1v) is 5.85. The van der Waals surface area contributed by atoms with Crippen molar-refractivity contribution in [2.45, 2.75) is 26.2 Å². The molecule has 0 spiro atoms. The maximum atomic E-state index is 10.9. The van der Waals surface area contributed by atoms with Gasteiger partial charge in [-0.2, -0.15) is 0 Å². The van der Waals surface area contributed by atoms with Gasteiger partial charge in [0.2, 0.25) is 5.91 Å². The zero-order valence-electron chi connectivity index (χ0n) is 9.61. The van der Waals surface area contributed by atoms with Crippen molar-refractivity contribution in [3.8, 4) is 0 Å². The molecule has 1 saturated heterocycles. The lowest BCUT2D eigenvalue weighted by Crippen LogP contribution is -2.40. The topological polar surface area (TPSA) is 72.3 Å². The van der Waals surface area contributed by atoms with E-state index in [2.05, 4.69) is 4.90 Å². The smallest absolute Gasteiger partial charge is 0.221 e. The molecule has 1 fully saturated rings. The Balaban J connectivity index is 2.22. The maximum Gasteiger partial charge on any atom is 0.221 e. The fourth-order valence-corrected chi connectivity index (χ4v) is 2.17. The van der Waals surface area contributed by atoms with E-state index in [9.17, 15) is 4.79 Å². The number of nitrogens with zero attached hydrogens (tertiary/aromatic N) is 1. The van der Waals surface area contributed by atoms with Crippen LogP contribution in [0, 0.1) is 11.8 Å². The van der Waals surface area contributed by atoms with Gasteiger partial charge in [0.15, 0.2) is 0 Å². The van der Waals surface area contributed by atoms with Crippen LogP contribution in [0.15, 0.2) is 0 Å². The van der Waals surface area contributed by atoms with Crippen molar-refractivity contribution >= 4 is 5.91 Å². The second kappa shape index (κ2) is 6.08. The Morgan fingerprint density at radius 2 is 2.07 bits per heavy atom. The number of nitrogens with two attached hydrogens (primary N) is 2. The molecule has 0 aromatic rings. The van der Waals surface area contributed by atoms with Crippen LogP contribution in [0.2, 0.25) is 0 Å². The van der Waals surface area contributed by atoms with Crippen LogP contribution in [0.4, 0.5) is 0 Å². The molecule has 1 aliphatic rings. The Morgan fingerprint density at radius 3 is 2.53 bits per heavy atom. The Hall–Kier alpha value is -0.610. The summed E-state index contributed by atoms with van der Waals surface area (Å²) in [6, 6.07) is 0. The van der Waals surface area contributed by atoms with E-state index in [1.807, 2.05) is 6.92 Å². The molecule has 1 heterocycles. The molecular weight excluding hydrogens is 190 g/mol. The lowest BCUT2D eigenvalue weighted by atomic mass is 9.93. The van der Waals surface area contributed by atoms with Gasteiger partial charge in [-0.15, -0.1) is 0 Å². The van der Waals surface area contributed by atoms with Gasteiger partial charge in [0.25, 0.3) is 0 Å². The number of piperidine rings is 1. The molecule has 0 saturated carbocycles. The van der Waals surface area contributed by atoms with Crippen molar-refractivity contribution in [1.82, 2.24) is 4.90 Å². The van der Waals surface area contributed by atoms with Crippen LogP contribution in [0.3, 0.4) is 0 Å². The summed E-state index contributed by atoms with van der Waals surface area (Å²) < 4.78 is 0. The predicted molar refractivity (Wildman–Crippen MR) is 61.2 cm³/mol. The van der Waals surface area contributed by atoms with Gasteiger partial charge >= 0.3 is 0 Å². The average molecular weight is 213 g/mol. The van der Waals surface area contributed by atoms with Crippen LogP contribution in [-0.2, 0) is 4.79 Å². The monoisotopic (exact) mass is 213 g/mol. The highest BCUT2D eigenvalue weighted by atomic mass is 16.1. The molecule has 4 N–H and O–H groups in total. The summed E-state index contributed by atoms with van der Waals surface area (Å²) in [4.78, 5) is 13.3. The molecule has 0 radical (unpaired) electrons. The Kier molecular flexibility index (Phi) is 5.05. The second-order valence-electron chi connectivity index (χ2n) is 4.62. The first-order chi connectivity index (χ1) is 7.13. The van der Waals surface area contributed by atoms with Gasteiger partial charge in [-0.05, 0) is 44.8 Å². The minimum absolute atomic E-state index is 0.0314. The van der Waals surface area contributed by atoms with E-state index < -0.39 is 0 Å². The summed E-state index contributed by atoms with van der Waals surface area (Å²) in [7, 11) is 0. The van der Waals surface area contributed by atoms with E-state index in [1.165, 1.54) is 12.8 Å². The molecule has 88 valence electrons. The van der Waals surface area contributed by atoms with Gasteiger partial charge in [0.05, 0.1) is 0 Å². The molecule has 1 amide bonds. The fraction of sp³-hybridized carbons (Fsp3) is 0.909. The van der Waals surface area contributed by atoms with E-state index in [0.29, 0.717) is 0 Å². The molecule has 1 aliphatic heterocycles. The molecule has 1 unspecified atom stereocenters. The lowest BCUT2D eigenvalue weighted by Gasteiger charge is -2.32. The van der Waals surface area contributed by atoms with Gasteiger partial charge in [-0.1, -0.05) is 6.92 Å². The third-order valence-corrected chi connectivity index (χ3v) is 3.30. The van der Waals surface area contributed by atoms with Gasteiger partial charge in [0, 0.05) is 12.5 Å². The van der Waals surface area contributed by atoms with Crippen molar-refractivity contribution in [2.75, 3.05) is 26.2 Å². The van der Waals surface area contributed by atoms with Crippen molar-refractivity contribution in [3.63, 3.8) is 0 Å². The molecule has 15 heavy (non-hydrogen) atoms. The number of hydrogen-bond donors (Lipinski definition) is 2. The SMILES string of the molecule is CC(CN1CCC(CCN)CC1)C(N)=O. The number of carbonyl (C=O) groups is 1. The molecule has 4 heteroatoms. The Morgan fingerprint density at radius 1 is 1.47 bits per heavy atom. The largest absolute Gasteiger partial charge is 0.369 e. The van der Waals surface area contributed by atoms with Crippen LogP contribution >= 0.6 is 0 Å². The molecular formula is C11H23N3O. The zero-order chi connectivity index (χ0) is 11.3. The number of likely N-dealkylation sites (tertiary alicyclic amines) is 1. The summed E-state index contributed by atoms with van der Waals surface area (Å²) in [5.74, 6) is 0.560. The maximum absolute atomic E-state index is 10.9. The molecule has 0 aromatic carbocycles.